The molecule has 0 N–H and O–H groups in total. The molecule has 0 fully saturated rings. The predicted octanol–water partition coefficient (Wildman–Crippen LogP) is 1.80. The lowest BCUT2D eigenvalue weighted by molar-refractivity contribution is -0.223. The summed E-state index contributed by atoms with van der Waals surface area (Å²) >= 11 is 0. The van der Waals surface area contributed by atoms with E-state index in [9.17, 15) is 27.6 Å². The zero-order valence-electron chi connectivity index (χ0n) is 12.6. The highest BCUT2D eigenvalue weighted by atomic mass is 19.4. The molecule has 0 aromatic heterocycles. The van der Waals surface area contributed by atoms with Crippen LogP contribution >= 0.6 is 0 Å². The summed E-state index contributed by atoms with van der Waals surface area (Å²) in [7, 11) is 1.43. The van der Waals surface area contributed by atoms with Crippen molar-refractivity contribution in [1.29, 1.82) is 0 Å². The number of unbranched alkanes of at least 4 members (excludes halogenated alkanes) is 1. The minimum Gasteiger partial charge on any atom is -0.451 e. The Bertz CT molecular complexity index is 394. The van der Waals surface area contributed by atoms with Gasteiger partial charge in [0.25, 0.3) is 6.10 Å². The van der Waals surface area contributed by atoms with Gasteiger partial charge in [0.2, 0.25) is 0 Å². The van der Waals surface area contributed by atoms with Crippen molar-refractivity contribution in [2.75, 3.05) is 13.7 Å². The molecule has 0 radical (unpaired) electrons. The Morgan fingerprint density at radius 1 is 1.09 bits per heavy atom. The number of ketones is 1. The maximum atomic E-state index is 12.8. The average Bonchev–Trinajstić information content (AvgIpc) is 2.38. The van der Waals surface area contributed by atoms with Crippen LogP contribution < -0.4 is 0 Å². The molecule has 2 unspecified atom stereocenters. The van der Waals surface area contributed by atoms with Crippen molar-refractivity contribution in [2.24, 2.45) is 0 Å². The first-order valence-electron chi connectivity index (χ1n) is 6.55. The first kappa shape index (κ1) is 20.4. The molecule has 0 aromatic carbocycles. The first-order valence-corrected chi connectivity index (χ1v) is 6.55. The van der Waals surface area contributed by atoms with Gasteiger partial charge in [-0.2, -0.15) is 13.2 Å². The summed E-state index contributed by atoms with van der Waals surface area (Å²) in [6.07, 6.45) is -9.22. The molecule has 0 aliphatic rings. The van der Waals surface area contributed by atoms with Crippen LogP contribution in [0.3, 0.4) is 0 Å². The molecule has 0 rings (SSSR count). The Labute approximate surface area is 125 Å². The van der Waals surface area contributed by atoms with Gasteiger partial charge in [0.1, 0.15) is 0 Å². The van der Waals surface area contributed by atoms with Crippen LogP contribution in [0.25, 0.3) is 0 Å². The number of rotatable bonds is 9. The lowest BCUT2D eigenvalue weighted by Gasteiger charge is -2.21. The highest BCUT2D eigenvalue weighted by Gasteiger charge is 2.48. The first-order chi connectivity index (χ1) is 10.1. The number of alkyl halides is 3. The highest BCUT2D eigenvalue weighted by molar-refractivity contribution is 5.87. The van der Waals surface area contributed by atoms with Gasteiger partial charge >= 0.3 is 18.1 Å². The molecular formula is C13H19F3O6. The van der Waals surface area contributed by atoms with Crippen molar-refractivity contribution < 1.29 is 41.8 Å². The van der Waals surface area contributed by atoms with Crippen molar-refractivity contribution in [3.05, 3.63) is 0 Å². The second-order valence-corrected chi connectivity index (χ2v) is 4.53. The maximum absolute atomic E-state index is 12.8. The van der Waals surface area contributed by atoms with E-state index in [0.717, 1.165) is 13.8 Å². The third-order valence-corrected chi connectivity index (χ3v) is 2.52. The summed E-state index contributed by atoms with van der Waals surface area (Å²) in [5.74, 6) is -3.53. The molecular weight excluding hydrogens is 309 g/mol. The normalized spacial score (nSPS) is 14.1. The molecule has 0 aliphatic carbocycles. The van der Waals surface area contributed by atoms with Crippen molar-refractivity contribution >= 4 is 17.7 Å². The third-order valence-electron chi connectivity index (χ3n) is 2.52. The number of carbonyl (C=O) groups excluding carboxylic acids is 3. The van der Waals surface area contributed by atoms with Gasteiger partial charge in [-0.1, -0.05) is 0 Å². The second kappa shape index (κ2) is 9.39. The SMILES string of the molecule is COCCCCC(=O)C(OC(=O)C(C)OC(C)=O)C(F)(F)F. The van der Waals surface area contributed by atoms with Crippen LogP contribution in [0.2, 0.25) is 0 Å². The largest absolute Gasteiger partial charge is 0.451 e. The number of hydrogen-bond acceptors (Lipinski definition) is 6. The van der Waals surface area contributed by atoms with Gasteiger partial charge in [-0.05, 0) is 19.8 Å². The van der Waals surface area contributed by atoms with E-state index in [1.807, 2.05) is 0 Å². The van der Waals surface area contributed by atoms with E-state index >= 15 is 0 Å². The minimum atomic E-state index is -5.02. The highest BCUT2D eigenvalue weighted by Crippen LogP contribution is 2.25. The fourth-order valence-electron chi connectivity index (χ4n) is 1.50. The third kappa shape index (κ3) is 7.96. The van der Waals surface area contributed by atoms with Gasteiger partial charge in [-0.25, -0.2) is 4.79 Å². The molecule has 9 heteroatoms. The monoisotopic (exact) mass is 328 g/mol. The van der Waals surface area contributed by atoms with E-state index in [2.05, 4.69) is 9.47 Å². The smallest absolute Gasteiger partial charge is 0.432 e. The minimum absolute atomic E-state index is 0.177. The quantitative estimate of drug-likeness (QED) is 0.474. The topological polar surface area (TPSA) is 78.9 Å². The Hall–Kier alpha value is -1.64. The molecule has 128 valence electrons. The van der Waals surface area contributed by atoms with E-state index in [1.54, 1.807) is 0 Å². The van der Waals surface area contributed by atoms with Gasteiger partial charge in [-0.3, -0.25) is 9.59 Å². The molecule has 0 aromatic rings. The predicted molar refractivity (Wildman–Crippen MR) is 67.9 cm³/mol. The average molecular weight is 328 g/mol. The van der Waals surface area contributed by atoms with Gasteiger partial charge in [0, 0.05) is 27.1 Å². The molecule has 0 saturated carbocycles. The standard InChI is InChI=1S/C13H19F3O6/c1-8(21-9(2)17)12(19)22-11(13(14,15)16)10(18)6-4-5-7-20-3/h8,11H,4-7H2,1-3H3. The summed E-state index contributed by atoms with van der Waals surface area (Å²) in [5.41, 5.74) is 0. The number of carbonyl (C=O) groups is 3. The van der Waals surface area contributed by atoms with Gasteiger partial charge in [0.05, 0.1) is 0 Å². The van der Waals surface area contributed by atoms with Crippen LogP contribution in [0.4, 0.5) is 13.2 Å². The maximum Gasteiger partial charge on any atom is 0.432 e. The molecule has 2 atom stereocenters. The van der Waals surface area contributed by atoms with Crippen LogP contribution in [0, 0.1) is 0 Å². The zero-order chi connectivity index (χ0) is 17.3. The lowest BCUT2D eigenvalue weighted by Crippen LogP contribution is -2.43. The summed E-state index contributed by atoms with van der Waals surface area (Å²) in [6.45, 7) is 2.36. The number of halogens is 3. The Kier molecular flexibility index (Phi) is 8.69. The fraction of sp³-hybridized carbons (Fsp3) is 0.769. The van der Waals surface area contributed by atoms with Crippen molar-refractivity contribution in [1.82, 2.24) is 0 Å². The zero-order valence-corrected chi connectivity index (χ0v) is 12.6. The number of Topliss-reactive ketones (excluding diaryl/α,β-unsaturated/α-hetero) is 1. The summed E-state index contributed by atoms with van der Waals surface area (Å²) in [6, 6.07) is 0. The molecule has 22 heavy (non-hydrogen) atoms. The lowest BCUT2D eigenvalue weighted by atomic mass is 10.1. The second-order valence-electron chi connectivity index (χ2n) is 4.53. The van der Waals surface area contributed by atoms with Crippen molar-refractivity contribution in [3.8, 4) is 0 Å². The molecule has 0 spiro atoms. The number of ether oxygens (including phenoxy) is 3. The molecule has 0 bridgehead atoms. The number of hydrogen-bond donors (Lipinski definition) is 0. The van der Waals surface area contributed by atoms with E-state index in [0.29, 0.717) is 13.0 Å². The van der Waals surface area contributed by atoms with Gasteiger partial charge in [-0.15, -0.1) is 0 Å². The van der Waals surface area contributed by atoms with Crippen molar-refractivity contribution in [3.63, 3.8) is 0 Å². The van der Waals surface area contributed by atoms with E-state index in [4.69, 9.17) is 4.74 Å². The summed E-state index contributed by atoms with van der Waals surface area (Å²) in [4.78, 5) is 33.7. The van der Waals surface area contributed by atoms with Crippen LogP contribution in [-0.4, -0.2) is 49.8 Å². The number of esters is 2. The summed E-state index contributed by atoms with van der Waals surface area (Å²) < 4.78 is 51.7. The Morgan fingerprint density at radius 3 is 2.14 bits per heavy atom. The van der Waals surface area contributed by atoms with Crippen LogP contribution in [0.15, 0.2) is 0 Å². The molecule has 6 nitrogen and oxygen atoms in total. The van der Waals surface area contributed by atoms with Crippen LogP contribution in [0.5, 0.6) is 0 Å². The van der Waals surface area contributed by atoms with Crippen LogP contribution in [0.1, 0.15) is 33.1 Å². The van der Waals surface area contributed by atoms with E-state index < -0.39 is 42.5 Å². The Balaban J connectivity index is 4.68. The Morgan fingerprint density at radius 2 is 1.68 bits per heavy atom. The van der Waals surface area contributed by atoms with E-state index in [-0.39, 0.29) is 6.42 Å². The van der Waals surface area contributed by atoms with Gasteiger partial charge in [0.15, 0.2) is 11.9 Å². The molecule has 0 amide bonds. The number of methoxy groups -OCH3 is 1. The fourth-order valence-corrected chi connectivity index (χ4v) is 1.50. The van der Waals surface area contributed by atoms with Gasteiger partial charge < -0.3 is 14.2 Å². The molecule has 0 saturated heterocycles. The summed E-state index contributed by atoms with van der Waals surface area (Å²) in [5, 5.41) is 0. The van der Waals surface area contributed by atoms with E-state index in [1.165, 1.54) is 7.11 Å². The van der Waals surface area contributed by atoms with Crippen molar-refractivity contribution in [2.45, 2.75) is 51.5 Å². The molecule has 0 aliphatic heterocycles. The molecule has 0 heterocycles. The van der Waals surface area contributed by atoms with Crippen LogP contribution in [-0.2, 0) is 28.6 Å².